The Labute approximate surface area is 91.4 Å². The van der Waals surface area contributed by atoms with Crippen molar-refractivity contribution in [2.45, 2.75) is 32.2 Å². The first-order valence-electron chi connectivity index (χ1n) is 5.13. The molecule has 1 saturated carbocycles. The molecule has 0 bridgehead atoms. The topological polar surface area (TPSA) is 41.1 Å². The van der Waals surface area contributed by atoms with E-state index in [1.807, 2.05) is 0 Å². The third-order valence-corrected chi connectivity index (χ3v) is 3.28. The van der Waals surface area contributed by atoms with Crippen LogP contribution in [-0.4, -0.2) is 24.5 Å². The molecule has 2 rings (SSSR count). The summed E-state index contributed by atoms with van der Waals surface area (Å²) in [5.74, 6) is 0.928. The smallest absolute Gasteiger partial charge is 0.225 e. The van der Waals surface area contributed by atoms with Crippen molar-refractivity contribution in [3.05, 3.63) is 0 Å². The van der Waals surface area contributed by atoms with Gasteiger partial charge in [0.05, 0.1) is 5.92 Å². The highest BCUT2D eigenvalue weighted by atomic mass is 35.5. The number of hydrogen-bond acceptors (Lipinski definition) is 2. The number of carbonyl (C=O) groups is 1. The molecule has 0 aromatic carbocycles. The lowest BCUT2D eigenvalue weighted by atomic mass is 9.97. The van der Waals surface area contributed by atoms with Crippen LogP contribution in [0, 0.1) is 11.8 Å². The van der Waals surface area contributed by atoms with E-state index in [0.29, 0.717) is 5.92 Å². The third kappa shape index (κ3) is 2.39. The molecule has 3 nitrogen and oxygen atoms in total. The van der Waals surface area contributed by atoms with Gasteiger partial charge in [0.1, 0.15) is 0 Å². The maximum atomic E-state index is 11.8. The molecule has 1 aliphatic carbocycles. The molecule has 2 aliphatic rings. The lowest BCUT2D eigenvalue weighted by Gasteiger charge is -2.17. The van der Waals surface area contributed by atoms with Crippen LogP contribution in [0.25, 0.3) is 0 Å². The fourth-order valence-electron chi connectivity index (χ4n) is 1.86. The quantitative estimate of drug-likeness (QED) is 0.724. The molecule has 1 heterocycles. The molecule has 2 atom stereocenters. The van der Waals surface area contributed by atoms with Gasteiger partial charge in [-0.05, 0) is 32.2 Å². The maximum absolute atomic E-state index is 11.8. The second-order valence-corrected chi connectivity index (χ2v) is 4.79. The average Bonchev–Trinajstić information content (AvgIpc) is 2.63. The highest BCUT2D eigenvalue weighted by Crippen LogP contribution is 2.35. The van der Waals surface area contributed by atoms with E-state index in [9.17, 15) is 4.79 Å². The maximum Gasteiger partial charge on any atom is 0.225 e. The van der Waals surface area contributed by atoms with Crippen molar-refractivity contribution in [1.29, 1.82) is 0 Å². The summed E-state index contributed by atoms with van der Waals surface area (Å²) in [6.45, 7) is 6.09. The highest BCUT2D eigenvalue weighted by molar-refractivity contribution is 5.85. The summed E-state index contributed by atoms with van der Waals surface area (Å²) < 4.78 is 0. The minimum absolute atomic E-state index is 0. The number of halogens is 1. The van der Waals surface area contributed by atoms with Gasteiger partial charge in [-0.25, -0.2) is 0 Å². The van der Waals surface area contributed by atoms with Crippen LogP contribution in [0.1, 0.15) is 26.7 Å². The van der Waals surface area contributed by atoms with E-state index in [1.165, 1.54) is 0 Å². The monoisotopic (exact) mass is 218 g/mol. The lowest BCUT2D eigenvalue weighted by molar-refractivity contribution is -0.126. The van der Waals surface area contributed by atoms with Gasteiger partial charge in [0.2, 0.25) is 5.91 Å². The molecule has 4 heteroatoms. The predicted octanol–water partition coefficient (Wildman–Crippen LogP) is 0.932. The molecule has 2 N–H and O–H groups in total. The van der Waals surface area contributed by atoms with E-state index in [1.54, 1.807) is 0 Å². The SMILES string of the molecule is C[C@@H]1CNC[C@H]1C(=O)NC1(C)CC1.Cl. The summed E-state index contributed by atoms with van der Waals surface area (Å²) in [6, 6.07) is 0. The first-order chi connectivity index (χ1) is 6.11. The van der Waals surface area contributed by atoms with Crippen molar-refractivity contribution in [3.8, 4) is 0 Å². The normalized spacial score (nSPS) is 33.3. The Morgan fingerprint density at radius 1 is 1.43 bits per heavy atom. The zero-order chi connectivity index (χ0) is 9.47. The Hall–Kier alpha value is -0.280. The molecule has 1 amide bonds. The van der Waals surface area contributed by atoms with Gasteiger partial charge in [0, 0.05) is 12.1 Å². The number of hydrogen-bond donors (Lipinski definition) is 2. The average molecular weight is 219 g/mol. The highest BCUT2D eigenvalue weighted by Gasteiger charge is 2.41. The van der Waals surface area contributed by atoms with Crippen molar-refractivity contribution in [2.24, 2.45) is 11.8 Å². The van der Waals surface area contributed by atoms with Crippen LogP contribution in [0.15, 0.2) is 0 Å². The second-order valence-electron chi connectivity index (χ2n) is 4.79. The number of nitrogens with one attached hydrogen (secondary N) is 2. The minimum atomic E-state index is 0. The molecule has 14 heavy (non-hydrogen) atoms. The van der Waals surface area contributed by atoms with Gasteiger partial charge in [0.15, 0.2) is 0 Å². The van der Waals surface area contributed by atoms with Crippen LogP contribution in [0.3, 0.4) is 0 Å². The van der Waals surface area contributed by atoms with E-state index >= 15 is 0 Å². The van der Waals surface area contributed by atoms with Gasteiger partial charge in [-0.15, -0.1) is 12.4 Å². The molecule has 1 saturated heterocycles. The van der Waals surface area contributed by atoms with Crippen molar-refractivity contribution in [2.75, 3.05) is 13.1 Å². The van der Waals surface area contributed by atoms with E-state index in [0.717, 1.165) is 25.9 Å². The van der Waals surface area contributed by atoms with Crippen LogP contribution < -0.4 is 10.6 Å². The van der Waals surface area contributed by atoms with Crippen molar-refractivity contribution in [1.82, 2.24) is 10.6 Å². The number of amides is 1. The molecule has 0 spiro atoms. The van der Waals surface area contributed by atoms with Gasteiger partial charge >= 0.3 is 0 Å². The van der Waals surface area contributed by atoms with Gasteiger partial charge in [0.25, 0.3) is 0 Å². The predicted molar refractivity (Wildman–Crippen MR) is 58.6 cm³/mol. The summed E-state index contributed by atoms with van der Waals surface area (Å²) in [7, 11) is 0. The third-order valence-electron chi connectivity index (χ3n) is 3.28. The van der Waals surface area contributed by atoms with E-state index < -0.39 is 0 Å². The lowest BCUT2D eigenvalue weighted by Crippen LogP contribution is -2.40. The Kier molecular flexibility index (Phi) is 3.43. The fraction of sp³-hybridized carbons (Fsp3) is 0.900. The van der Waals surface area contributed by atoms with E-state index in [4.69, 9.17) is 0 Å². The van der Waals surface area contributed by atoms with Crippen LogP contribution in [0.5, 0.6) is 0 Å². The molecule has 1 aliphatic heterocycles. The van der Waals surface area contributed by atoms with Gasteiger partial charge in [-0.2, -0.15) is 0 Å². The Balaban J connectivity index is 0.000000980. The Bertz CT molecular complexity index is 228. The summed E-state index contributed by atoms with van der Waals surface area (Å²) in [4.78, 5) is 11.8. The summed E-state index contributed by atoms with van der Waals surface area (Å²) in [5.41, 5.74) is 0.138. The fourth-order valence-corrected chi connectivity index (χ4v) is 1.86. The zero-order valence-electron chi connectivity index (χ0n) is 8.80. The Morgan fingerprint density at radius 2 is 2.07 bits per heavy atom. The number of carbonyl (C=O) groups excluding carboxylic acids is 1. The van der Waals surface area contributed by atoms with Gasteiger partial charge < -0.3 is 10.6 Å². The molecular formula is C10H19ClN2O. The molecule has 0 radical (unpaired) electrons. The first kappa shape index (κ1) is 11.8. The molecule has 0 aromatic heterocycles. The second kappa shape index (κ2) is 4.07. The minimum Gasteiger partial charge on any atom is -0.351 e. The zero-order valence-corrected chi connectivity index (χ0v) is 9.62. The van der Waals surface area contributed by atoms with Crippen LogP contribution in [0.2, 0.25) is 0 Å². The largest absolute Gasteiger partial charge is 0.351 e. The molecule has 82 valence electrons. The van der Waals surface area contributed by atoms with Crippen LogP contribution in [-0.2, 0) is 4.79 Å². The summed E-state index contributed by atoms with van der Waals surface area (Å²) >= 11 is 0. The molecule has 0 aromatic rings. The summed E-state index contributed by atoms with van der Waals surface area (Å²) in [6.07, 6.45) is 2.29. The standard InChI is InChI=1S/C10H18N2O.ClH/c1-7-5-11-6-8(7)9(13)12-10(2)3-4-10;/h7-8,11H,3-6H2,1-2H3,(H,12,13);1H/t7-,8-;/m1./s1. The van der Waals surface area contributed by atoms with Crippen molar-refractivity contribution in [3.63, 3.8) is 0 Å². The number of rotatable bonds is 2. The summed E-state index contributed by atoms with van der Waals surface area (Å²) in [5, 5.41) is 6.37. The molecule has 0 unspecified atom stereocenters. The van der Waals surface area contributed by atoms with E-state index in [-0.39, 0.29) is 29.8 Å². The first-order valence-corrected chi connectivity index (χ1v) is 5.13. The van der Waals surface area contributed by atoms with Crippen molar-refractivity contribution >= 4 is 18.3 Å². The Morgan fingerprint density at radius 3 is 2.50 bits per heavy atom. The molecular weight excluding hydrogens is 200 g/mol. The molecule has 2 fully saturated rings. The van der Waals surface area contributed by atoms with Gasteiger partial charge in [-0.3, -0.25) is 4.79 Å². The van der Waals surface area contributed by atoms with Gasteiger partial charge in [-0.1, -0.05) is 6.92 Å². The van der Waals surface area contributed by atoms with Crippen LogP contribution in [0.4, 0.5) is 0 Å². The van der Waals surface area contributed by atoms with E-state index in [2.05, 4.69) is 24.5 Å². The van der Waals surface area contributed by atoms with Crippen molar-refractivity contribution < 1.29 is 4.79 Å². The van der Waals surface area contributed by atoms with Crippen LogP contribution >= 0.6 is 12.4 Å².